The highest BCUT2D eigenvalue weighted by molar-refractivity contribution is 8.23. The van der Waals surface area contributed by atoms with E-state index < -0.39 is 51.1 Å². The molecule has 2 rings (SSSR count). The molecule has 2 heterocycles. The van der Waals surface area contributed by atoms with E-state index >= 15 is 0 Å². The van der Waals surface area contributed by atoms with Crippen molar-refractivity contribution in [3.63, 3.8) is 0 Å². The molecule has 2 saturated heterocycles. The second kappa shape index (κ2) is 13.9. The Labute approximate surface area is 241 Å². The van der Waals surface area contributed by atoms with Gasteiger partial charge in [-0.25, -0.2) is 0 Å². The van der Waals surface area contributed by atoms with Crippen LogP contribution < -0.4 is 0 Å². The largest absolute Gasteiger partial charge is 0.439 e. The number of hydrogen-bond donors (Lipinski definition) is 0. The molecule has 0 radical (unpaired) electrons. The van der Waals surface area contributed by atoms with Gasteiger partial charge in [0.2, 0.25) is 0 Å². The quantitative estimate of drug-likeness (QED) is 0.184. The zero-order chi connectivity index (χ0) is 26.5. The second-order valence-electron chi connectivity index (χ2n) is 12.6. The lowest BCUT2D eigenvalue weighted by Crippen LogP contribution is -2.58. The molecule has 0 aromatic heterocycles. The molecule has 2 aliphatic heterocycles. The zero-order valence-electron chi connectivity index (χ0n) is 24.2. The lowest BCUT2D eigenvalue weighted by molar-refractivity contribution is 0.306. The Kier molecular flexibility index (Phi) is 13.4. The summed E-state index contributed by atoms with van der Waals surface area (Å²) < 4.78 is 28.8. The van der Waals surface area contributed by atoms with E-state index in [0.29, 0.717) is 0 Å². The third kappa shape index (κ3) is 12.3. The molecule has 35 heavy (non-hydrogen) atoms. The highest BCUT2D eigenvalue weighted by atomic mass is 32.2. The normalized spacial score (nSPS) is 22.7. The molecule has 0 N–H and O–H groups in total. The standard InChI is InChI=1S/C21H52O4S4Si6/c1-30(22-31(2,3)4)23-35(11,25-33(8,9)24-32(5,6)7)19-18-34(10,20-26-14-12-15-27-20)21-28-16-13-17-29-21/h20-21,30H,12-19H2,1-11H3. The Morgan fingerprint density at radius 3 is 1.49 bits per heavy atom. The lowest BCUT2D eigenvalue weighted by Gasteiger charge is -2.46. The molecule has 0 aromatic carbocycles. The van der Waals surface area contributed by atoms with Crippen LogP contribution in [-0.4, -0.2) is 82.5 Å². The molecular formula is C21H52O4S4Si6. The average Bonchev–Trinajstić information content (AvgIpc) is 2.69. The van der Waals surface area contributed by atoms with E-state index in [-0.39, 0.29) is 0 Å². The smallest absolute Gasteiger partial charge is 0.316 e. The maximum absolute atomic E-state index is 7.09. The molecule has 0 aliphatic carbocycles. The van der Waals surface area contributed by atoms with Crippen LogP contribution in [0.5, 0.6) is 0 Å². The number of thioether (sulfide) groups is 4. The van der Waals surface area contributed by atoms with Gasteiger partial charge in [0.05, 0.1) is 0 Å². The summed E-state index contributed by atoms with van der Waals surface area (Å²) in [6.07, 6.45) is 2.73. The van der Waals surface area contributed by atoms with Crippen LogP contribution in [0.1, 0.15) is 12.8 Å². The first-order valence-corrected chi connectivity index (χ1v) is 34.5. The van der Waals surface area contributed by atoms with Crippen LogP contribution in [0.2, 0.25) is 84.1 Å². The van der Waals surface area contributed by atoms with E-state index in [1.165, 1.54) is 41.9 Å². The van der Waals surface area contributed by atoms with Gasteiger partial charge in [-0.1, -0.05) is 12.6 Å². The molecular weight excluding hydrogens is 613 g/mol. The van der Waals surface area contributed by atoms with Crippen molar-refractivity contribution >= 4 is 98.2 Å². The Morgan fingerprint density at radius 2 is 1.09 bits per heavy atom. The Bertz CT molecular complexity index is 637. The molecule has 0 spiro atoms. The van der Waals surface area contributed by atoms with Gasteiger partial charge < -0.3 is 16.5 Å². The van der Waals surface area contributed by atoms with Crippen molar-refractivity contribution in [3.8, 4) is 0 Å². The minimum Gasteiger partial charge on any atom is -0.439 e. The summed E-state index contributed by atoms with van der Waals surface area (Å²) in [7, 11) is -11.5. The minimum atomic E-state index is -2.47. The summed E-state index contributed by atoms with van der Waals surface area (Å²) in [4.78, 5) is 0. The zero-order valence-corrected chi connectivity index (χ0v) is 33.6. The van der Waals surface area contributed by atoms with Gasteiger partial charge in [0.25, 0.3) is 9.28 Å². The Balaban J connectivity index is 2.27. The summed E-state index contributed by atoms with van der Waals surface area (Å²) in [5, 5.41) is 0. The maximum atomic E-state index is 7.09. The average molecular weight is 665 g/mol. The van der Waals surface area contributed by atoms with Crippen LogP contribution in [-0.2, 0) is 16.5 Å². The molecule has 4 nitrogen and oxygen atoms in total. The molecule has 0 aromatic rings. The van der Waals surface area contributed by atoms with Gasteiger partial charge in [-0.15, -0.1) is 0 Å². The van der Waals surface area contributed by atoms with Gasteiger partial charge in [-0.05, 0) is 107 Å². The molecule has 0 amide bonds. The molecule has 2 aliphatic rings. The minimum absolute atomic E-state index is 0.800. The van der Waals surface area contributed by atoms with Gasteiger partial charge in [-0.2, -0.15) is 47.0 Å². The summed E-state index contributed by atoms with van der Waals surface area (Å²) >= 11 is 9.07. The van der Waals surface area contributed by atoms with Crippen molar-refractivity contribution in [1.29, 1.82) is 0 Å². The molecule has 14 heteroatoms. The maximum Gasteiger partial charge on any atom is 0.316 e. The molecule has 2 fully saturated rings. The first-order chi connectivity index (χ1) is 15.9. The predicted octanol–water partition coefficient (Wildman–Crippen LogP) is 7.90. The van der Waals surface area contributed by atoms with Crippen molar-refractivity contribution in [2.45, 2.75) is 105 Å². The van der Waals surface area contributed by atoms with Crippen molar-refractivity contribution in [2.75, 3.05) is 23.0 Å². The van der Waals surface area contributed by atoms with E-state index in [1.54, 1.807) is 0 Å². The topological polar surface area (TPSA) is 36.9 Å². The number of hydrogen-bond acceptors (Lipinski definition) is 8. The summed E-state index contributed by atoms with van der Waals surface area (Å²) in [5.41, 5.74) is 0. The van der Waals surface area contributed by atoms with E-state index in [1.807, 2.05) is 0 Å². The van der Waals surface area contributed by atoms with Crippen LogP contribution in [0, 0.1) is 0 Å². The molecule has 2 unspecified atom stereocenters. The predicted molar refractivity (Wildman–Crippen MR) is 181 cm³/mol. The van der Waals surface area contributed by atoms with Crippen molar-refractivity contribution in [3.05, 3.63) is 0 Å². The van der Waals surface area contributed by atoms with Crippen molar-refractivity contribution < 1.29 is 16.5 Å². The fourth-order valence-corrected chi connectivity index (χ4v) is 45.0. The van der Waals surface area contributed by atoms with E-state index in [4.69, 9.17) is 16.5 Å². The first kappa shape index (κ1) is 33.7. The fourth-order valence-electron chi connectivity index (χ4n) is 4.87. The van der Waals surface area contributed by atoms with Gasteiger partial charge in [-0.3, -0.25) is 0 Å². The van der Waals surface area contributed by atoms with Gasteiger partial charge in [0.1, 0.15) is 8.07 Å². The SMILES string of the molecule is C[SiH](O[Si](C)(C)C)O[Si](C)(CC[Si](C)(C1SCCCS1)C1SCCCS1)O[Si](C)(C)O[Si](C)(C)C. The monoisotopic (exact) mass is 664 g/mol. The Hall–Kier alpha value is 2.54. The summed E-state index contributed by atoms with van der Waals surface area (Å²) in [6.45, 7) is 25.4. The van der Waals surface area contributed by atoms with Crippen molar-refractivity contribution in [1.82, 2.24) is 0 Å². The van der Waals surface area contributed by atoms with Crippen LogP contribution in [0.25, 0.3) is 0 Å². The third-order valence-electron chi connectivity index (χ3n) is 5.80. The van der Waals surface area contributed by atoms with E-state index in [0.717, 1.165) is 14.5 Å². The van der Waals surface area contributed by atoms with Crippen molar-refractivity contribution in [2.24, 2.45) is 0 Å². The Morgan fingerprint density at radius 1 is 0.629 bits per heavy atom. The second-order valence-corrected chi connectivity index (χ2v) is 43.1. The first-order valence-electron chi connectivity index (χ1n) is 13.2. The molecule has 208 valence electrons. The third-order valence-corrected chi connectivity index (χ3v) is 39.9. The molecule has 2 atom stereocenters. The molecule has 0 saturated carbocycles. The molecule has 0 bridgehead atoms. The summed E-state index contributed by atoms with van der Waals surface area (Å²) in [5.74, 6) is 5.34. The van der Waals surface area contributed by atoms with E-state index in [9.17, 15) is 0 Å². The highest BCUT2D eigenvalue weighted by Crippen LogP contribution is 2.49. The van der Waals surface area contributed by atoms with Crippen LogP contribution in [0.4, 0.5) is 0 Å². The highest BCUT2D eigenvalue weighted by Gasteiger charge is 2.50. The lowest BCUT2D eigenvalue weighted by atomic mass is 10.6. The van der Waals surface area contributed by atoms with Crippen LogP contribution >= 0.6 is 47.0 Å². The van der Waals surface area contributed by atoms with Crippen LogP contribution in [0.3, 0.4) is 0 Å². The van der Waals surface area contributed by atoms with Gasteiger partial charge in [0, 0.05) is 8.41 Å². The fraction of sp³-hybridized carbons (Fsp3) is 1.00. The summed E-state index contributed by atoms with van der Waals surface area (Å²) in [6, 6.07) is 2.39. The van der Waals surface area contributed by atoms with Gasteiger partial charge >= 0.3 is 17.1 Å². The van der Waals surface area contributed by atoms with Crippen LogP contribution in [0.15, 0.2) is 0 Å². The van der Waals surface area contributed by atoms with Gasteiger partial charge in [0.15, 0.2) is 16.6 Å². The number of rotatable bonds is 13. The van der Waals surface area contributed by atoms with E-state index in [2.05, 4.69) is 119 Å².